The van der Waals surface area contributed by atoms with E-state index in [4.69, 9.17) is 11.6 Å². The average molecular weight is 419 g/mol. The Balaban J connectivity index is 1.90. The lowest BCUT2D eigenvalue weighted by Crippen LogP contribution is -2.20. The minimum absolute atomic E-state index is 0.00284. The Bertz CT molecular complexity index is 825. The fourth-order valence-electron chi connectivity index (χ4n) is 4.68. The van der Waals surface area contributed by atoms with Crippen molar-refractivity contribution in [3.8, 4) is 5.88 Å². The summed E-state index contributed by atoms with van der Waals surface area (Å²) in [6.07, 6.45) is 7.74. The lowest BCUT2D eigenvalue weighted by molar-refractivity contribution is -0.140. The van der Waals surface area contributed by atoms with Gasteiger partial charge < -0.3 is 10.2 Å². The van der Waals surface area contributed by atoms with Gasteiger partial charge in [0.1, 0.15) is 5.82 Å². The van der Waals surface area contributed by atoms with Crippen LogP contribution in [0.5, 0.6) is 5.88 Å². The van der Waals surface area contributed by atoms with Crippen LogP contribution in [0, 0.1) is 5.92 Å². The number of hydrogen-bond acceptors (Lipinski definition) is 3. The molecule has 6 heteroatoms. The standard InChI is InChI=1S/C23H31ClN2O3/c1-3-5-10-19-25-21(24)22(27)26(19)18(4-2)15-11-13-17(14-12-15)20(23(28)29)16-8-6-7-9-16/h11-14,16,18,20,27H,3-10H2,1-2H3,(H,28,29). The van der Waals surface area contributed by atoms with Crippen LogP contribution < -0.4 is 0 Å². The summed E-state index contributed by atoms with van der Waals surface area (Å²) in [5, 5.41) is 20.5. The molecule has 2 atom stereocenters. The summed E-state index contributed by atoms with van der Waals surface area (Å²) in [5.74, 6) is -0.166. The number of aliphatic carboxylic acids is 1. The molecule has 2 aromatic rings. The SMILES string of the molecule is CCCCc1nc(Cl)c(O)n1C(CC)c1ccc(C(C(=O)O)C2CCCC2)cc1. The molecule has 0 saturated heterocycles. The van der Waals surface area contributed by atoms with Gasteiger partial charge in [-0.25, -0.2) is 4.98 Å². The second-order valence-electron chi connectivity index (χ2n) is 8.07. The Morgan fingerprint density at radius 3 is 2.38 bits per heavy atom. The van der Waals surface area contributed by atoms with Crippen molar-refractivity contribution in [3.05, 3.63) is 46.4 Å². The number of rotatable bonds is 9. The zero-order valence-corrected chi connectivity index (χ0v) is 18.0. The van der Waals surface area contributed by atoms with E-state index in [0.29, 0.717) is 0 Å². The molecule has 1 aliphatic carbocycles. The van der Waals surface area contributed by atoms with Gasteiger partial charge in [-0.15, -0.1) is 0 Å². The number of carboxylic acid groups (broad SMARTS) is 1. The summed E-state index contributed by atoms with van der Waals surface area (Å²) in [5.41, 5.74) is 1.89. The number of carboxylic acids is 1. The molecule has 0 radical (unpaired) electrons. The molecule has 1 aliphatic rings. The van der Waals surface area contributed by atoms with E-state index in [9.17, 15) is 15.0 Å². The fourth-order valence-corrected chi connectivity index (χ4v) is 4.87. The number of aryl methyl sites for hydroxylation is 1. The highest BCUT2D eigenvalue weighted by Crippen LogP contribution is 2.39. The number of hydrogen-bond donors (Lipinski definition) is 2. The zero-order valence-electron chi connectivity index (χ0n) is 17.3. The number of aromatic hydroxyl groups is 1. The van der Waals surface area contributed by atoms with Crippen LogP contribution in [0.3, 0.4) is 0 Å². The van der Waals surface area contributed by atoms with Crippen molar-refractivity contribution in [1.82, 2.24) is 9.55 Å². The van der Waals surface area contributed by atoms with Gasteiger partial charge in [0.2, 0.25) is 5.88 Å². The van der Waals surface area contributed by atoms with Crippen molar-refractivity contribution in [2.75, 3.05) is 0 Å². The number of unbranched alkanes of at least 4 members (excludes halogenated alkanes) is 1. The Labute approximate surface area is 177 Å². The minimum atomic E-state index is -0.738. The summed E-state index contributed by atoms with van der Waals surface area (Å²) >= 11 is 6.13. The quantitative estimate of drug-likeness (QED) is 0.528. The fraction of sp³-hybridized carbons (Fsp3) is 0.565. The number of nitrogens with zero attached hydrogens (tertiary/aromatic N) is 2. The van der Waals surface area contributed by atoms with Gasteiger partial charge in [-0.2, -0.15) is 0 Å². The van der Waals surface area contributed by atoms with Gasteiger partial charge in [0.25, 0.3) is 0 Å². The third-order valence-corrected chi connectivity index (χ3v) is 6.44. The van der Waals surface area contributed by atoms with Crippen LogP contribution in [0.2, 0.25) is 5.15 Å². The monoisotopic (exact) mass is 418 g/mol. The molecule has 1 aromatic heterocycles. The normalized spacial score (nSPS) is 16.8. The first-order valence-corrected chi connectivity index (χ1v) is 11.1. The first-order chi connectivity index (χ1) is 14.0. The highest BCUT2D eigenvalue weighted by atomic mass is 35.5. The summed E-state index contributed by atoms with van der Waals surface area (Å²) < 4.78 is 1.83. The average Bonchev–Trinajstić information content (AvgIpc) is 3.32. The van der Waals surface area contributed by atoms with E-state index in [2.05, 4.69) is 18.8 Å². The molecule has 158 valence electrons. The highest BCUT2D eigenvalue weighted by Gasteiger charge is 2.32. The molecule has 3 rings (SSSR count). The van der Waals surface area contributed by atoms with Crippen LogP contribution in [0.4, 0.5) is 0 Å². The predicted molar refractivity (Wildman–Crippen MR) is 115 cm³/mol. The van der Waals surface area contributed by atoms with E-state index in [1.807, 2.05) is 28.8 Å². The summed E-state index contributed by atoms with van der Waals surface area (Å²) in [6.45, 7) is 4.18. The minimum Gasteiger partial charge on any atom is -0.492 e. The van der Waals surface area contributed by atoms with Crippen LogP contribution in [-0.2, 0) is 11.2 Å². The number of benzene rings is 1. The van der Waals surface area contributed by atoms with Gasteiger partial charge in [-0.1, -0.05) is 69.0 Å². The Morgan fingerprint density at radius 1 is 1.21 bits per heavy atom. The van der Waals surface area contributed by atoms with Crippen LogP contribution in [0.25, 0.3) is 0 Å². The van der Waals surface area contributed by atoms with Crippen LogP contribution in [0.1, 0.15) is 87.7 Å². The maximum atomic E-state index is 11.9. The van der Waals surface area contributed by atoms with Gasteiger partial charge in [0.15, 0.2) is 5.15 Å². The lowest BCUT2D eigenvalue weighted by atomic mass is 9.84. The molecule has 1 aromatic carbocycles. The largest absolute Gasteiger partial charge is 0.492 e. The number of carbonyl (C=O) groups is 1. The maximum absolute atomic E-state index is 11.9. The predicted octanol–water partition coefficient (Wildman–Crippen LogP) is 5.94. The molecule has 0 amide bonds. The van der Waals surface area contributed by atoms with Crippen molar-refractivity contribution < 1.29 is 15.0 Å². The highest BCUT2D eigenvalue weighted by molar-refractivity contribution is 6.30. The molecular formula is C23H31ClN2O3. The Hall–Kier alpha value is -2.01. The summed E-state index contributed by atoms with van der Waals surface area (Å²) in [7, 11) is 0. The van der Waals surface area contributed by atoms with E-state index >= 15 is 0 Å². The molecule has 1 heterocycles. The van der Waals surface area contributed by atoms with E-state index in [-0.39, 0.29) is 23.0 Å². The molecule has 5 nitrogen and oxygen atoms in total. The van der Waals surface area contributed by atoms with E-state index in [1.165, 1.54) is 0 Å². The van der Waals surface area contributed by atoms with E-state index in [1.54, 1.807) is 0 Å². The second kappa shape index (κ2) is 9.66. The van der Waals surface area contributed by atoms with E-state index in [0.717, 1.165) is 68.3 Å². The summed E-state index contributed by atoms with van der Waals surface area (Å²) in [6, 6.07) is 7.77. The topological polar surface area (TPSA) is 75.4 Å². The molecule has 0 spiro atoms. The van der Waals surface area contributed by atoms with Crippen molar-refractivity contribution in [2.24, 2.45) is 5.92 Å². The van der Waals surface area contributed by atoms with Crippen molar-refractivity contribution in [3.63, 3.8) is 0 Å². The van der Waals surface area contributed by atoms with Gasteiger partial charge in [0.05, 0.1) is 12.0 Å². The lowest BCUT2D eigenvalue weighted by Gasteiger charge is -2.23. The smallest absolute Gasteiger partial charge is 0.311 e. The molecule has 29 heavy (non-hydrogen) atoms. The first kappa shape index (κ1) is 21.7. The van der Waals surface area contributed by atoms with Crippen LogP contribution >= 0.6 is 11.6 Å². The van der Waals surface area contributed by atoms with Crippen molar-refractivity contribution in [2.45, 2.75) is 77.2 Å². The van der Waals surface area contributed by atoms with Crippen molar-refractivity contribution >= 4 is 17.6 Å². The summed E-state index contributed by atoms with van der Waals surface area (Å²) in [4.78, 5) is 16.3. The second-order valence-corrected chi connectivity index (χ2v) is 8.43. The molecule has 0 bridgehead atoms. The zero-order chi connectivity index (χ0) is 21.0. The van der Waals surface area contributed by atoms with Gasteiger partial charge in [-0.05, 0) is 42.7 Å². The number of imidazole rings is 1. The van der Waals surface area contributed by atoms with Gasteiger partial charge in [-0.3, -0.25) is 9.36 Å². The maximum Gasteiger partial charge on any atom is 0.311 e. The molecule has 1 fully saturated rings. The first-order valence-electron chi connectivity index (χ1n) is 10.8. The van der Waals surface area contributed by atoms with Gasteiger partial charge in [0, 0.05) is 6.42 Å². The van der Waals surface area contributed by atoms with Crippen LogP contribution in [0.15, 0.2) is 24.3 Å². The molecule has 1 saturated carbocycles. The third kappa shape index (κ3) is 4.61. The molecule has 2 unspecified atom stereocenters. The van der Waals surface area contributed by atoms with Crippen molar-refractivity contribution in [1.29, 1.82) is 0 Å². The van der Waals surface area contributed by atoms with E-state index < -0.39 is 11.9 Å². The number of aromatic nitrogens is 2. The Kier molecular flexibility index (Phi) is 7.23. The van der Waals surface area contributed by atoms with Gasteiger partial charge >= 0.3 is 5.97 Å². The van der Waals surface area contributed by atoms with Crippen LogP contribution in [-0.4, -0.2) is 25.7 Å². The Morgan fingerprint density at radius 2 is 1.83 bits per heavy atom. The third-order valence-electron chi connectivity index (χ3n) is 6.19. The number of halogens is 1. The molecule has 2 N–H and O–H groups in total. The molecule has 0 aliphatic heterocycles. The molecular weight excluding hydrogens is 388 g/mol.